The van der Waals surface area contributed by atoms with Crippen LogP contribution in [-0.4, -0.2) is 26.8 Å². The first-order valence-electron chi connectivity index (χ1n) is 5.38. The van der Waals surface area contributed by atoms with Gasteiger partial charge >= 0.3 is 0 Å². The van der Waals surface area contributed by atoms with Crippen molar-refractivity contribution >= 4 is 0 Å². The molecule has 0 aliphatic carbocycles. The molecule has 0 radical (unpaired) electrons. The van der Waals surface area contributed by atoms with E-state index in [1.54, 1.807) is 7.11 Å². The number of methoxy groups -OCH3 is 1. The summed E-state index contributed by atoms with van der Waals surface area (Å²) in [6.45, 7) is 9.50. The lowest BCUT2D eigenvalue weighted by Gasteiger charge is -2.16. The number of ether oxygens (including phenoxy) is 1. The molecule has 13 heavy (non-hydrogen) atoms. The van der Waals surface area contributed by atoms with E-state index >= 15 is 0 Å². The average Bonchev–Trinajstić information content (AvgIpc) is 2.15. The van der Waals surface area contributed by atoms with Gasteiger partial charge in [-0.1, -0.05) is 27.7 Å². The fourth-order valence-electron chi connectivity index (χ4n) is 1.16. The summed E-state index contributed by atoms with van der Waals surface area (Å²) in [4.78, 5) is 0. The minimum Gasteiger partial charge on any atom is -0.381 e. The first kappa shape index (κ1) is 15.4. The Morgan fingerprint density at radius 2 is 1.77 bits per heavy atom. The van der Waals surface area contributed by atoms with E-state index < -0.39 is 0 Å². The molecule has 0 amide bonds. The van der Waals surface area contributed by atoms with E-state index in [1.165, 1.54) is 0 Å². The highest BCUT2D eigenvalue weighted by atomic mass is 16.5. The van der Waals surface area contributed by atoms with E-state index in [0.29, 0.717) is 6.10 Å². The van der Waals surface area contributed by atoms with E-state index in [2.05, 4.69) is 19.2 Å². The average molecular weight is 189 g/mol. The third kappa shape index (κ3) is 11.9. The van der Waals surface area contributed by atoms with E-state index in [-0.39, 0.29) is 0 Å². The third-order valence-corrected chi connectivity index (χ3v) is 1.78. The molecule has 1 atom stereocenters. The Labute approximate surface area is 84.1 Å². The Morgan fingerprint density at radius 3 is 2.08 bits per heavy atom. The molecule has 0 saturated carbocycles. The second-order valence-corrected chi connectivity index (χ2v) is 3.38. The van der Waals surface area contributed by atoms with Crippen molar-refractivity contribution in [2.75, 3.05) is 20.7 Å². The van der Waals surface area contributed by atoms with Gasteiger partial charge in [-0.15, -0.1) is 0 Å². The van der Waals surface area contributed by atoms with Crippen molar-refractivity contribution in [3.05, 3.63) is 0 Å². The van der Waals surface area contributed by atoms with Gasteiger partial charge in [0.05, 0.1) is 6.10 Å². The van der Waals surface area contributed by atoms with Gasteiger partial charge in [0, 0.05) is 7.11 Å². The standard InChI is InChI=1S/C9H21NO.C2H6/c1-8(2)7-9(11-4)5-6-10-3;1-2/h8-10H,5-7H2,1-4H3;1-2H3. The zero-order valence-corrected chi connectivity index (χ0v) is 10.2. The van der Waals surface area contributed by atoms with Gasteiger partial charge in [-0.2, -0.15) is 0 Å². The lowest BCUT2D eigenvalue weighted by atomic mass is 10.0. The molecule has 0 aromatic carbocycles. The predicted molar refractivity (Wildman–Crippen MR) is 60.1 cm³/mol. The molecule has 0 heterocycles. The summed E-state index contributed by atoms with van der Waals surface area (Å²) in [6, 6.07) is 0. The van der Waals surface area contributed by atoms with Gasteiger partial charge in [0.25, 0.3) is 0 Å². The van der Waals surface area contributed by atoms with Gasteiger partial charge in [-0.3, -0.25) is 0 Å². The summed E-state index contributed by atoms with van der Waals surface area (Å²) in [7, 11) is 3.77. The van der Waals surface area contributed by atoms with Crippen LogP contribution in [-0.2, 0) is 4.74 Å². The van der Waals surface area contributed by atoms with E-state index in [1.807, 2.05) is 20.9 Å². The Bertz CT molecular complexity index is 84.2. The number of hydrogen-bond donors (Lipinski definition) is 1. The summed E-state index contributed by atoms with van der Waals surface area (Å²) >= 11 is 0. The fourth-order valence-corrected chi connectivity index (χ4v) is 1.16. The monoisotopic (exact) mass is 189 g/mol. The zero-order valence-electron chi connectivity index (χ0n) is 10.2. The predicted octanol–water partition coefficient (Wildman–Crippen LogP) is 2.68. The molecule has 0 spiro atoms. The Morgan fingerprint density at radius 1 is 1.23 bits per heavy atom. The SMILES string of the molecule is CC.CNCCC(CC(C)C)OC. The molecule has 82 valence electrons. The quantitative estimate of drug-likeness (QED) is 0.693. The molecule has 2 nitrogen and oxygen atoms in total. The van der Waals surface area contributed by atoms with Gasteiger partial charge in [0.2, 0.25) is 0 Å². The van der Waals surface area contributed by atoms with E-state index in [4.69, 9.17) is 4.74 Å². The molecule has 1 N–H and O–H groups in total. The Balaban J connectivity index is 0. The van der Waals surface area contributed by atoms with Crippen molar-refractivity contribution in [1.29, 1.82) is 0 Å². The van der Waals surface area contributed by atoms with Crippen LogP contribution in [0.4, 0.5) is 0 Å². The summed E-state index contributed by atoms with van der Waals surface area (Å²) in [5.74, 6) is 0.733. The van der Waals surface area contributed by atoms with Crippen molar-refractivity contribution in [3.8, 4) is 0 Å². The summed E-state index contributed by atoms with van der Waals surface area (Å²) < 4.78 is 5.32. The smallest absolute Gasteiger partial charge is 0.0585 e. The van der Waals surface area contributed by atoms with E-state index in [9.17, 15) is 0 Å². The molecule has 0 rings (SSSR count). The maximum atomic E-state index is 5.32. The van der Waals surface area contributed by atoms with Crippen LogP contribution in [0.15, 0.2) is 0 Å². The lowest BCUT2D eigenvalue weighted by molar-refractivity contribution is 0.0780. The molecule has 0 aromatic heterocycles. The molecule has 0 aliphatic heterocycles. The third-order valence-electron chi connectivity index (χ3n) is 1.78. The molecular weight excluding hydrogens is 162 g/mol. The van der Waals surface area contributed by atoms with Crippen molar-refractivity contribution in [2.45, 2.75) is 46.6 Å². The topological polar surface area (TPSA) is 21.3 Å². The fraction of sp³-hybridized carbons (Fsp3) is 1.00. The van der Waals surface area contributed by atoms with Gasteiger partial charge in [-0.25, -0.2) is 0 Å². The van der Waals surface area contributed by atoms with Crippen LogP contribution < -0.4 is 5.32 Å². The second-order valence-electron chi connectivity index (χ2n) is 3.38. The van der Waals surface area contributed by atoms with Gasteiger partial charge in [0.15, 0.2) is 0 Å². The molecule has 0 aliphatic rings. The van der Waals surface area contributed by atoms with Crippen LogP contribution in [0.1, 0.15) is 40.5 Å². The van der Waals surface area contributed by atoms with Crippen LogP contribution in [0.5, 0.6) is 0 Å². The minimum absolute atomic E-state index is 0.433. The van der Waals surface area contributed by atoms with Crippen LogP contribution >= 0.6 is 0 Å². The van der Waals surface area contributed by atoms with Gasteiger partial charge in [-0.05, 0) is 32.4 Å². The van der Waals surface area contributed by atoms with Crippen LogP contribution in [0, 0.1) is 5.92 Å². The Hall–Kier alpha value is -0.0800. The molecule has 0 saturated heterocycles. The molecule has 0 aromatic rings. The lowest BCUT2D eigenvalue weighted by Crippen LogP contribution is -2.20. The maximum Gasteiger partial charge on any atom is 0.0585 e. The number of hydrogen-bond acceptors (Lipinski definition) is 2. The van der Waals surface area contributed by atoms with E-state index in [0.717, 1.165) is 25.3 Å². The number of nitrogens with one attached hydrogen (secondary N) is 1. The van der Waals surface area contributed by atoms with Crippen molar-refractivity contribution < 1.29 is 4.74 Å². The summed E-state index contributed by atoms with van der Waals surface area (Å²) in [5.41, 5.74) is 0. The number of rotatable bonds is 6. The molecular formula is C11H27NO. The first-order valence-corrected chi connectivity index (χ1v) is 5.38. The Kier molecular flexibility index (Phi) is 14.1. The molecule has 2 heteroatoms. The molecule has 0 bridgehead atoms. The largest absolute Gasteiger partial charge is 0.381 e. The summed E-state index contributed by atoms with van der Waals surface area (Å²) in [5, 5.41) is 3.13. The van der Waals surface area contributed by atoms with Crippen LogP contribution in [0.3, 0.4) is 0 Å². The van der Waals surface area contributed by atoms with Gasteiger partial charge in [0.1, 0.15) is 0 Å². The van der Waals surface area contributed by atoms with Crippen LogP contribution in [0.25, 0.3) is 0 Å². The molecule has 1 unspecified atom stereocenters. The normalized spacial score (nSPS) is 12.2. The second kappa shape index (κ2) is 11.9. The summed E-state index contributed by atoms with van der Waals surface area (Å²) in [6.07, 6.45) is 2.71. The van der Waals surface area contributed by atoms with Crippen LogP contribution in [0.2, 0.25) is 0 Å². The maximum absolute atomic E-state index is 5.32. The highest BCUT2D eigenvalue weighted by molar-refractivity contribution is 4.61. The van der Waals surface area contributed by atoms with Gasteiger partial charge < -0.3 is 10.1 Å². The van der Waals surface area contributed by atoms with Crippen molar-refractivity contribution in [1.82, 2.24) is 5.32 Å². The zero-order chi connectivity index (χ0) is 10.7. The van der Waals surface area contributed by atoms with Crippen molar-refractivity contribution in [2.24, 2.45) is 5.92 Å². The first-order chi connectivity index (χ1) is 6.20. The van der Waals surface area contributed by atoms with Crippen molar-refractivity contribution in [3.63, 3.8) is 0 Å². The molecule has 0 fully saturated rings. The highest BCUT2D eigenvalue weighted by Gasteiger charge is 2.07. The highest BCUT2D eigenvalue weighted by Crippen LogP contribution is 2.09. The minimum atomic E-state index is 0.433.